The van der Waals surface area contributed by atoms with E-state index in [0.29, 0.717) is 10.8 Å². The normalized spacial score (nSPS) is 10.2. The van der Waals surface area contributed by atoms with Gasteiger partial charge in [-0.3, -0.25) is 19.7 Å². The fourth-order valence-corrected chi connectivity index (χ4v) is 2.48. The van der Waals surface area contributed by atoms with Crippen molar-refractivity contribution in [1.29, 1.82) is 0 Å². The van der Waals surface area contributed by atoms with Crippen LogP contribution in [-0.2, 0) is 0 Å². The molecule has 0 aliphatic carbocycles. The molecular formula is C18H13N3O4. The zero-order valence-electron chi connectivity index (χ0n) is 12.9. The lowest BCUT2D eigenvalue weighted by atomic mass is 10.1. The molecule has 0 unspecified atom stereocenters. The number of rotatable bonds is 1. The molecule has 7 heteroatoms. The third-order valence-corrected chi connectivity index (χ3v) is 3.67. The van der Waals surface area contributed by atoms with E-state index in [-0.39, 0.29) is 16.8 Å². The number of hydrogen-bond acceptors (Lipinski definition) is 4. The molecule has 25 heavy (non-hydrogen) atoms. The Balaban J connectivity index is 0.000000150. The maximum Gasteiger partial charge on any atom is 0.293 e. The molecule has 0 bridgehead atoms. The second kappa shape index (κ2) is 6.79. The van der Waals surface area contributed by atoms with Crippen molar-refractivity contribution in [1.82, 2.24) is 9.97 Å². The molecule has 0 radical (unpaired) electrons. The largest absolute Gasteiger partial charge is 0.329 e. The Morgan fingerprint density at radius 2 is 1.36 bits per heavy atom. The average molecular weight is 335 g/mol. The summed E-state index contributed by atoms with van der Waals surface area (Å²) >= 11 is 0. The van der Waals surface area contributed by atoms with Gasteiger partial charge in [-0.15, -0.1) is 0 Å². The van der Waals surface area contributed by atoms with E-state index in [0.717, 1.165) is 17.0 Å². The second-order valence-corrected chi connectivity index (χ2v) is 5.20. The first kappa shape index (κ1) is 16.1. The van der Waals surface area contributed by atoms with Gasteiger partial charge in [0, 0.05) is 11.6 Å². The summed E-state index contributed by atoms with van der Waals surface area (Å²) in [6.07, 6.45) is 2.77. The lowest BCUT2D eigenvalue weighted by molar-refractivity contribution is -0.383. The van der Waals surface area contributed by atoms with E-state index in [1.807, 2.05) is 30.3 Å². The minimum atomic E-state index is -0.516. The summed E-state index contributed by atoms with van der Waals surface area (Å²) in [5.74, 6) is 0. The van der Waals surface area contributed by atoms with Crippen LogP contribution in [-0.4, -0.2) is 14.9 Å². The van der Waals surface area contributed by atoms with Gasteiger partial charge in [-0.2, -0.15) is 0 Å². The van der Waals surface area contributed by atoms with E-state index < -0.39 is 4.92 Å². The maximum absolute atomic E-state index is 11.3. The van der Waals surface area contributed by atoms with Crippen LogP contribution >= 0.6 is 0 Å². The van der Waals surface area contributed by atoms with Crippen LogP contribution in [0.2, 0.25) is 0 Å². The van der Waals surface area contributed by atoms with E-state index >= 15 is 0 Å². The van der Waals surface area contributed by atoms with Crippen molar-refractivity contribution in [2.75, 3.05) is 0 Å². The summed E-state index contributed by atoms with van der Waals surface area (Å²) in [4.78, 5) is 37.4. The van der Waals surface area contributed by atoms with Gasteiger partial charge < -0.3 is 9.97 Å². The highest BCUT2D eigenvalue weighted by Crippen LogP contribution is 2.20. The standard InChI is InChI=1S/C9H6N2O3.C9H7NO/c12-9-7-4-2-1-3-6(7)8(5-10-9)11(13)14;11-9-8-4-2-1-3-7(8)5-6-10-9/h1-5H,(H,10,12);1-6H,(H,10,11). The topological polar surface area (TPSA) is 109 Å². The van der Waals surface area contributed by atoms with Crippen LogP contribution in [0.1, 0.15) is 0 Å². The molecule has 124 valence electrons. The molecule has 0 saturated carbocycles. The van der Waals surface area contributed by atoms with E-state index in [1.54, 1.807) is 30.5 Å². The Bertz CT molecular complexity index is 1170. The van der Waals surface area contributed by atoms with Crippen LogP contribution in [0.3, 0.4) is 0 Å². The fraction of sp³-hybridized carbons (Fsp3) is 0. The smallest absolute Gasteiger partial charge is 0.293 e. The number of nitrogens with one attached hydrogen (secondary N) is 2. The van der Waals surface area contributed by atoms with Crippen molar-refractivity contribution in [3.63, 3.8) is 0 Å². The predicted octanol–water partition coefficient (Wildman–Crippen LogP) is 2.96. The van der Waals surface area contributed by atoms with Gasteiger partial charge in [0.2, 0.25) is 0 Å². The van der Waals surface area contributed by atoms with E-state index in [1.165, 1.54) is 0 Å². The molecular weight excluding hydrogens is 322 g/mol. The molecule has 2 aromatic heterocycles. The minimum absolute atomic E-state index is 0.0249. The number of aromatic amines is 2. The van der Waals surface area contributed by atoms with Gasteiger partial charge in [-0.1, -0.05) is 30.3 Å². The highest BCUT2D eigenvalue weighted by atomic mass is 16.6. The summed E-state index contributed by atoms with van der Waals surface area (Å²) in [5, 5.41) is 13.0. The van der Waals surface area contributed by atoms with Gasteiger partial charge in [0.15, 0.2) is 0 Å². The number of H-pyrrole nitrogens is 2. The highest BCUT2D eigenvalue weighted by molar-refractivity contribution is 5.89. The lowest BCUT2D eigenvalue weighted by Crippen LogP contribution is -2.06. The number of aromatic nitrogens is 2. The molecule has 2 aromatic carbocycles. The van der Waals surface area contributed by atoms with Crippen molar-refractivity contribution in [3.8, 4) is 0 Å². The first-order valence-electron chi connectivity index (χ1n) is 7.39. The van der Waals surface area contributed by atoms with Gasteiger partial charge >= 0.3 is 0 Å². The van der Waals surface area contributed by atoms with Crippen molar-refractivity contribution >= 4 is 27.2 Å². The number of nitrogens with zero attached hydrogens (tertiary/aromatic N) is 1. The Morgan fingerprint density at radius 1 is 0.760 bits per heavy atom. The third-order valence-electron chi connectivity index (χ3n) is 3.67. The first-order valence-corrected chi connectivity index (χ1v) is 7.39. The number of hydrogen-bond donors (Lipinski definition) is 2. The molecule has 0 aliphatic rings. The van der Waals surface area contributed by atoms with Crippen LogP contribution in [0, 0.1) is 10.1 Å². The summed E-state index contributed by atoms with van der Waals surface area (Å²) < 4.78 is 0. The molecule has 2 heterocycles. The monoisotopic (exact) mass is 335 g/mol. The number of pyridine rings is 2. The van der Waals surface area contributed by atoms with Gasteiger partial charge in [0.1, 0.15) is 0 Å². The molecule has 0 atom stereocenters. The highest BCUT2D eigenvalue weighted by Gasteiger charge is 2.12. The zero-order chi connectivity index (χ0) is 17.8. The van der Waals surface area contributed by atoms with Crippen LogP contribution in [0.4, 0.5) is 5.69 Å². The van der Waals surface area contributed by atoms with E-state index in [9.17, 15) is 19.7 Å². The summed E-state index contributed by atoms with van der Waals surface area (Å²) in [6, 6.07) is 15.8. The maximum atomic E-state index is 11.3. The summed E-state index contributed by atoms with van der Waals surface area (Å²) in [6.45, 7) is 0. The van der Waals surface area contributed by atoms with Crippen molar-refractivity contribution < 1.29 is 4.92 Å². The van der Waals surface area contributed by atoms with Crippen molar-refractivity contribution in [2.24, 2.45) is 0 Å². The second-order valence-electron chi connectivity index (χ2n) is 5.20. The Hall–Kier alpha value is -3.74. The lowest BCUT2D eigenvalue weighted by Gasteiger charge is -1.96. The summed E-state index contributed by atoms with van der Waals surface area (Å²) in [7, 11) is 0. The van der Waals surface area contributed by atoms with Crippen molar-refractivity contribution in [2.45, 2.75) is 0 Å². The molecule has 2 N–H and O–H groups in total. The molecule has 0 amide bonds. The van der Waals surface area contributed by atoms with Crippen LogP contribution < -0.4 is 11.1 Å². The predicted molar refractivity (Wildman–Crippen MR) is 95.8 cm³/mol. The van der Waals surface area contributed by atoms with Gasteiger partial charge in [-0.25, -0.2) is 0 Å². The molecule has 7 nitrogen and oxygen atoms in total. The van der Waals surface area contributed by atoms with E-state index in [4.69, 9.17) is 0 Å². The van der Waals surface area contributed by atoms with Crippen LogP contribution in [0.25, 0.3) is 21.5 Å². The Kier molecular flexibility index (Phi) is 4.38. The first-order chi connectivity index (χ1) is 12.1. The molecule has 0 fully saturated rings. The van der Waals surface area contributed by atoms with Crippen LogP contribution in [0.15, 0.2) is 76.6 Å². The quantitative estimate of drug-likeness (QED) is 0.411. The summed E-state index contributed by atoms with van der Waals surface area (Å²) in [5.41, 5.74) is -0.422. The number of benzene rings is 2. The van der Waals surface area contributed by atoms with Gasteiger partial charge in [0.25, 0.3) is 16.8 Å². The molecule has 0 spiro atoms. The van der Waals surface area contributed by atoms with E-state index in [2.05, 4.69) is 9.97 Å². The molecule has 4 rings (SSSR count). The zero-order valence-corrected chi connectivity index (χ0v) is 12.9. The minimum Gasteiger partial charge on any atom is -0.329 e. The SMILES string of the molecule is O=c1[nH]cc([N+](=O)[O-])c2ccccc12.O=c1[nH]ccc2ccccc12. The Labute approximate surface area is 140 Å². The molecule has 4 aromatic rings. The number of nitro groups is 1. The third kappa shape index (κ3) is 3.30. The number of fused-ring (bicyclic) bond motifs is 2. The molecule has 0 aliphatic heterocycles. The average Bonchev–Trinajstić information content (AvgIpc) is 2.63. The van der Waals surface area contributed by atoms with Gasteiger partial charge in [-0.05, 0) is 29.7 Å². The van der Waals surface area contributed by atoms with Crippen molar-refractivity contribution in [3.05, 3.63) is 97.8 Å². The fourth-order valence-electron chi connectivity index (χ4n) is 2.48. The van der Waals surface area contributed by atoms with Crippen LogP contribution in [0.5, 0.6) is 0 Å². The molecule has 0 saturated heterocycles. The Morgan fingerprint density at radius 3 is 2.04 bits per heavy atom. The van der Waals surface area contributed by atoms with Gasteiger partial charge in [0.05, 0.1) is 21.9 Å².